The van der Waals surface area contributed by atoms with Crippen molar-refractivity contribution in [2.45, 2.75) is 77.0 Å². The van der Waals surface area contributed by atoms with Crippen LogP contribution in [0.5, 0.6) is 0 Å². The van der Waals surface area contributed by atoms with Crippen molar-refractivity contribution in [2.75, 3.05) is 6.61 Å². The van der Waals surface area contributed by atoms with E-state index in [1.165, 1.54) is 25.7 Å². The van der Waals surface area contributed by atoms with Crippen molar-refractivity contribution in [3.63, 3.8) is 0 Å². The van der Waals surface area contributed by atoms with E-state index in [4.69, 9.17) is 10.5 Å². The van der Waals surface area contributed by atoms with Gasteiger partial charge in [0.25, 0.3) is 0 Å². The number of aromatic nitrogens is 2. The summed E-state index contributed by atoms with van der Waals surface area (Å²) in [7, 11) is 0. The molecule has 2 N–H and O–H groups in total. The molecule has 1 atom stereocenters. The van der Waals surface area contributed by atoms with Crippen LogP contribution in [0.3, 0.4) is 0 Å². The minimum Gasteiger partial charge on any atom is -0.373 e. The fraction of sp³-hybridized carbons (Fsp3) is 0.812. The lowest BCUT2D eigenvalue weighted by molar-refractivity contribution is -0.0719. The summed E-state index contributed by atoms with van der Waals surface area (Å²) >= 11 is 0. The molecule has 1 fully saturated rings. The van der Waals surface area contributed by atoms with E-state index in [-0.39, 0.29) is 11.6 Å². The molecule has 1 aromatic heterocycles. The van der Waals surface area contributed by atoms with E-state index in [9.17, 15) is 0 Å². The van der Waals surface area contributed by atoms with Gasteiger partial charge in [0.2, 0.25) is 0 Å². The number of ether oxygens (including phenoxy) is 1. The Labute approximate surface area is 122 Å². The number of imidazole rings is 1. The van der Waals surface area contributed by atoms with Gasteiger partial charge in [0.15, 0.2) is 0 Å². The van der Waals surface area contributed by atoms with Crippen molar-refractivity contribution < 1.29 is 4.74 Å². The van der Waals surface area contributed by atoms with Gasteiger partial charge in [0.1, 0.15) is 5.82 Å². The predicted molar refractivity (Wildman–Crippen MR) is 81.5 cm³/mol. The maximum absolute atomic E-state index is 6.63. The van der Waals surface area contributed by atoms with Gasteiger partial charge in [0, 0.05) is 25.5 Å². The average Bonchev–Trinajstić information content (AvgIpc) is 2.77. The quantitative estimate of drug-likeness (QED) is 0.812. The number of nitrogens with zero attached hydrogens (tertiary/aromatic N) is 2. The lowest BCUT2D eigenvalue weighted by atomic mass is 9.86. The van der Waals surface area contributed by atoms with Crippen LogP contribution >= 0.6 is 0 Å². The van der Waals surface area contributed by atoms with Crippen molar-refractivity contribution in [3.8, 4) is 0 Å². The van der Waals surface area contributed by atoms with Crippen LogP contribution in [0, 0.1) is 0 Å². The number of hydrogen-bond donors (Lipinski definition) is 1. The summed E-state index contributed by atoms with van der Waals surface area (Å²) in [6.45, 7) is 5.95. The molecular formula is C16H29N3O. The highest BCUT2D eigenvalue weighted by molar-refractivity contribution is 5.07. The van der Waals surface area contributed by atoms with E-state index < -0.39 is 0 Å². The average molecular weight is 279 g/mol. The molecule has 0 saturated heterocycles. The Balaban J connectivity index is 2.24. The van der Waals surface area contributed by atoms with Gasteiger partial charge in [-0.1, -0.05) is 32.6 Å². The van der Waals surface area contributed by atoms with E-state index in [0.717, 1.165) is 38.2 Å². The third kappa shape index (κ3) is 3.23. The van der Waals surface area contributed by atoms with Gasteiger partial charge in [-0.15, -0.1) is 0 Å². The Morgan fingerprint density at radius 2 is 2.00 bits per heavy atom. The molecule has 1 aromatic rings. The van der Waals surface area contributed by atoms with Crippen LogP contribution in [0.4, 0.5) is 0 Å². The molecule has 1 aliphatic carbocycles. The van der Waals surface area contributed by atoms with Crippen molar-refractivity contribution in [1.29, 1.82) is 0 Å². The molecule has 0 aliphatic heterocycles. The lowest BCUT2D eigenvalue weighted by Crippen LogP contribution is -2.44. The number of aryl methyl sites for hydroxylation is 1. The summed E-state index contributed by atoms with van der Waals surface area (Å²) in [6, 6.07) is -0.123. The summed E-state index contributed by atoms with van der Waals surface area (Å²) in [5.41, 5.74) is 6.41. The van der Waals surface area contributed by atoms with Crippen LogP contribution in [0.25, 0.3) is 0 Å². The van der Waals surface area contributed by atoms with E-state index >= 15 is 0 Å². The van der Waals surface area contributed by atoms with Gasteiger partial charge in [-0.3, -0.25) is 0 Å². The maximum Gasteiger partial charge on any atom is 0.128 e. The van der Waals surface area contributed by atoms with E-state index in [1.54, 1.807) is 0 Å². The van der Waals surface area contributed by atoms with E-state index in [0.29, 0.717) is 0 Å². The fourth-order valence-corrected chi connectivity index (χ4v) is 3.42. The molecule has 4 nitrogen and oxygen atoms in total. The highest BCUT2D eigenvalue weighted by Crippen LogP contribution is 2.38. The lowest BCUT2D eigenvalue weighted by Gasteiger charge is -2.38. The normalized spacial score (nSPS) is 20.6. The maximum atomic E-state index is 6.63. The van der Waals surface area contributed by atoms with Crippen LogP contribution < -0.4 is 5.73 Å². The predicted octanol–water partition coefficient (Wildman–Crippen LogP) is 3.42. The van der Waals surface area contributed by atoms with Gasteiger partial charge < -0.3 is 15.0 Å². The van der Waals surface area contributed by atoms with Gasteiger partial charge in [-0.2, -0.15) is 0 Å². The van der Waals surface area contributed by atoms with E-state index in [1.807, 2.05) is 12.4 Å². The number of nitrogens with two attached hydrogens (primary N) is 1. The van der Waals surface area contributed by atoms with Gasteiger partial charge in [-0.25, -0.2) is 4.98 Å². The monoisotopic (exact) mass is 279 g/mol. The standard InChI is InChI=1S/C16H29N3O/c1-3-12-19-13-11-18-15(19)14(17)16(20-4-2)9-7-5-6-8-10-16/h11,13-14H,3-10,12,17H2,1-2H3. The Kier molecular flexibility index (Phi) is 5.61. The highest BCUT2D eigenvalue weighted by atomic mass is 16.5. The van der Waals surface area contributed by atoms with Crippen LogP contribution in [0.15, 0.2) is 12.4 Å². The zero-order valence-corrected chi connectivity index (χ0v) is 13.0. The number of hydrogen-bond acceptors (Lipinski definition) is 3. The van der Waals surface area contributed by atoms with Crippen LogP contribution in [0.1, 0.15) is 70.7 Å². The van der Waals surface area contributed by atoms with Crippen LogP contribution in [0.2, 0.25) is 0 Å². The van der Waals surface area contributed by atoms with Crippen LogP contribution in [-0.4, -0.2) is 21.8 Å². The second-order valence-corrected chi connectivity index (χ2v) is 5.87. The van der Waals surface area contributed by atoms with Gasteiger partial charge in [0.05, 0.1) is 11.6 Å². The molecule has 1 saturated carbocycles. The first-order chi connectivity index (χ1) is 9.73. The summed E-state index contributed by atoms with van der Waals surface area (Å²) in [5.74, 6) is 0.988. The zero-order valence-electron chi connectivity index (χ0n) is 13.0. The molecule has 1 unspecified atom stereocenters. The van der Waals surface area contributed by atoms with Crippen LogP contribution in [-0.2, 0) is 11.3 Å². The Morgan fingerprint density at radius 3 is 2.60 bits per heavy atom. The minimum absolute atomic E-state index is 0.123. The Hall–Kier alpha value is -0.870. The molecule has 20 heavy (non-hydrogen) atoms. The summed E-state index contributed by atoms with van der Waals surface area (Å²) in [5, 5.41) is 0. The van der Waals surface area contributed by atoms with Gasteiger partial charge >= 0.3 is 0 Å². The third-order valence-electron chi connectivity index (χ3n) is 4.44. The smallest absolute Gasteiger partial charge is 0.128 e. The molecule has 2 rings (SSSR count). The Morgan fingerprint density at radius 1 is 1.30 bits per heavy atom. The fourth-order valence-electron chi connectivity index (χ4n) is 3.42. The summed E-state index contributed by atoms with van der Waals surface area (Å²) < 4.78 is 8.38. The molecule has 1 aliphatic rings. The Bertz CT molecular complexity index is 394. The topological polar surface area (TPSA) is 53.1 Å². The highest BCUT2D eigenvalue weighted by Gasteiger charge is 2.40. The molecule has 0 amide bonds. The summed E-state index contributed by atoms with van der Waals surface area (Å²) in [4.78, 5) is 4.53. The first-order valence-corrected chi connectivity index (χ1v) is 8.14. The number of rotatable bonds is 6. The molecule has 1 heterocycles. The first kappa shape index (κ1) is 15.5. The zero-order chi connectivity index (χ0) is 14.4. The third-order valence-corrected chi connectivity index (χ3v) is 4.44. The molecule has 114 valence electrons. The molecule has 4 heteroatoms. The largest absolute Gasteiger partial charge is 0.373 e. The SMILES string of the molecule is CCCn1ccnc1C(N)C1(OCC)CCCCCC1. The minimum atomic E-state index is -0.220. The van der Waals surface area contributed by atoms with Gasteiger partial charge in [-0.05, 0) is 26.2 Å². The van der Waals surface area contributed by atoms with Crippen molar-refractivity contribution >= 4 is 0 Å². The summed E-state index contributed by atoms with van der Waals surface area (Å²) in [6.07, 6.45) is 12.1. The second-order valence-electron chi connectivity index (χ2n) is 5.87. The molecular weight excluding hydrogens is 250 g/mol. The molecule has 0 radical (unpaired) electrons. The van der Waals surface area contributed by atoms with Crippen molar-refractivity contribution in [3.05, 3.63) is 18.2 Å². The molecule has 0 bridgehead atoms. The first-order valence-electron chi connectivity index (χ1n) is 8.14. The second kappa shape index (κ2) is 7.23. The van der Waals surface area contributed by atoms with E-state index in [2.05, 4.69) is 23.4 Å². The van der Waals surface area contributed by atoms with Crippen molar-refractivity contribution in [2.24, 2.45) is 5.73 Å². The molecule has 0 spiro atoms. The molecule has 0 aromatic carbocycles. The van der Waals surface area contributed by atoms with Crippen molar-refractivity contribution in [1.82, 2.24) is 9.55 Å².